The standard InChI is InChI=1S/C19H16N6O2/c20-12-11-16-22-17(21-15-9-5-2-6-10-15)24-18(23-16)25-19(26)27-13-14-7-3-1-4-8-14/h1-10H,11,13H2,(H2,21,22,23,24,25,26). The fourth-order valence-electron chi connectivity index (χ4n) is 2.18. The molecular weight excluding hydrogens is 344 g/mol. The van der Waals surface area contributed by atoms with Crippen molar-refractivity contribution in [3.05, 3.63) is 72.1 Å². The second kappa shape index (κ2) is 8.92. The van der Waals surface area contributed by atoms with Crippen LogP contribution in [-0.4, -0.2) is 21.0 Å². The highest BCUT2D eigenvalue weighted by Crippen LogP contribution is 2.14. The zero-order chi connectivity index (χ0) is 18.9. The Morgan fingerprint density at radius 2 is 1.63 bits per heavy atom. The number of hydrogen-bond donors (Lipinski definition) is 2. The monoisotopic (exact) mass is 360 g/mol. The van der Waals surface area contributed by atoms with Gasteiger partial charge in [-0.1, -0.05) is 48.5 Å². The lowest BCUT2D eigenvalue weighted by molar-refractivity contribution is 0.155. The molecule has 1 heterocycles. The lowest BCUT2D eigenvalue weighted by atomic mass is 10.2. The van der Waals surface area contributed by atoms with E-state index in [-0.39, 0.29) is 30.7 Å². The number of para-hydroxylation sites is 1. The Bertz CT molecular complexity index is 941. The van der Waals surface area contributed by atoms with Crippen LogP contribution in [0.15, 0.2) is 60.7 Å². The minimum Gasteiger partial charge on any atom is -0.444 e. The quantitative estimate of drug-likeness (QED) is 0.692. The van der Waals surface area contributed by atoms with Gasteiger partial charge in [0.15, 0.2) is 0 Å². The van der Waals surface area contributed by atoms with Crippen molar-refractivity contribution in [1.29, 1.82) is 5.26 Å². The molecule has 3 aromatic rings. The molecule has 0 atom stereocenters. The van der Waals surface area contributed by atoms with Crippen molar-refractivity contribution in [2.24, 2.45) is 0 Å². The first-order chi connectivity index (χ1) is 13.2. The van der Waals surface area contributed by atoms with E-state index in [0.29, 0.717) is 0 Å². The van der Waals surface area contributed by atoms with E-state index in [0.717, 1.165) is 11.3 Å². The molecule has 0 aliphatic heterocycles. The van der Waals surface area contributed by atoms with Crippen molar-refractivity contribution < 1.29 is 9.53 Å². The first-order valence-electron chi connectivity index (χ1n) is 8.14. The molecule has 0 aliphatic rings. The van der Waals surface area contributed by atoms with Gasteiger partial charge >= 0.3 is 6.09 Å². The molecule has 0 aliphatic carbocycles. The Kier molecular flexibility index (Phi) is 5.89. The molecule has 0 fully saturated rings. The van der Waals surface area contributed by atoms with E-state index in [2.05, 4.69) is 25.6 Å². The third-order valence-corrected chi connectivity index (χ3v) is 3.38. The Morgan fingerprint density at radius 1 is 0.963 bits per heavy atom. The van der Waals surface area contributed by atoms with Gasteiger partial charge in [-0.2, -0.15) is 20.2 Å². The maximum absolute atomic E-state index is 12.0. The number of rotatable bonds is 6. The van der Waals surface area contributed by atoms with Crippen LogP contribution in [0.5, 0.6) is 0 Å². The molecule has 8 heteroatoms. The average Bonchev–Trinajstić information content (AvgIpc) is 2.68. The fraction of sp³-hybridized carbons (Fsp3) is 0.105. The van der Waals surface area contributed by atoms with Crippen LogP contribution in [0.2, 0.25) is 0 Å². The maximum Gasteiger partial charge on any atom is 0.414 e. The van der Waals surface area contributed by atoms with E-state index in [9.17, 15) is 4.79 Å². The molecule has 134 valence electrons. The number of amides is 1. The molecule has 8 nitrogen and oxygen atoms in total. The number of hydrogen-bond acceptors (Lipinski definition) is 7. The Hall–Kier alpha value is -3.99. The molecule has 0 saturated heterocycles. The van der Waals surface area contributed by atoms with Crippen molar-refractivity contribution in [3.8, 4) is 6.07 Å². The van der Waals surface area contributed by atoms with E-state index in [1.54, 1.807) is 0 Å². The molecule has 0 bridgehead atoms. The van der Waals surface area contributed by atoms with E-state index < -0.39 is 6.09 Å². The molecule has 0 saturated carbocycles. The summed E-state index contributed by atoms with van der Waals surface area (Å²) in [4.78, 5) is 24.4. The first-order valence-corrected chi connectivity index (χ1v) is 8.14. The summed E-state index contributed by atoms with van der Waals surface area (Å²) in [5.74, 6) is 0.468. The molecule has 2 aromatic carbocycles. The summed E-state index contributed by atoms with van der Waals surface area (Å²) >= 11 is 0. The smallest absolute Gasteiger partial charge is 0.414 e. The van der Waals surface area contributed by atoms with E-state index >= 15 is 0 Å². The highest BCUT2D eigenvalue weighted by Gasteiger charge is 2.11. The molecule has 0 spiro atoms. The highest BCUT2D eigenvalue weighted by molar-refractivity contribution is 5.82. The van der Waals surface area contributed by atoms with Crippen molar-refractivity contribution in [1.82, 2.24) is 15.0 Å². The van der Waals surface area contributed by atoms with Crippen LogP contribution in [0.1, 0.15) is 11.4 Å². The topological polar surface area (TPSA) is 113 Å². The summed E-state index contributed by atoms with van der Waals surface area (Å²) in [7, 11) is 0. The normalized spacial score (nSPS) is 9.89. The second-order valence-corrected chi connectivity index (χ2v) is 5.41. The van der Waals surface area contributed by atoms with Crippen LogP contribution in [0, 0.1) is 11.3 Å². The fourth-order valence-corrected chi connectivity index (χ4v) is 2.18. The van der Waals surface area contributed by atoms with E-state index in [1.807, 2.05) is 66.7 Å². The summed E-state index contributed by atoms with van der Waals surface area (Å²) in [6.45, 7) is 0.123. The number of carbonyl (C=O) groups is 1. The van der Waals surface area contributed by atoms with Crippen LogP contribution >= 0.6 is 0 Å². The van der Waals surface area contributed by atoms with Gasteiger partial charge < -0.3 is 10.1 Å². The Balaban J connectivity index is 1.69. The Morgan fingerprint density at radius 3 is 2.33 bits per heavy atom. The molecule has 2 N–H and O–H groups in total. The van der Waals surface area contributed by atoms with Gasteiger partial charge in [0.25, 0.3) is 0 Å². The van der Waals surface area contributed by atoms with Crippen molar-refractivity contribution in [3.63, 3.8) is 0 Å². The van der Waals surface area contributed by atoms with Gasteiger partial charge in [0.2, 0.25) is 11.9 Å². The zero-order valence-electron chi connectivity index (χ0n) is 14.3. The Labute approximate surface area is 155 Å². The number of nitrogens with one attached hydrogen (secondary N) is 2. The van der Waals surface area contributed by atoms with Gasteiger partial charge in [-0.05, 0) is 17.7 Å². The van der Waals surface area contributed by atoms with Gasteiger partial charge in [-0.25, -0.2) is 4.79 Å². The van der Waals surface area contributed by atoms with Crippen LogP contribution in [0.3, 0.4) is 0 Å². The summed E-state index contributed by atoms with van der Waals surface area (Å²) < 4.78 is 5.15. The van der Waals surface area contributed by atoms with Crippen LogP contribution < -0.4 is 10.6 Å². The van der Waals surface area contributed by atoms with Crippen LogP contribution in [0.25, 0.3) is 0 Å². The minimum atomic E-state index is -0.696. The van der Waals surface area contributed by atoms with Crippen LogP contribution in [0.4, 0.5) is 22.4 Å². The van der Waals surface area contributed by atoms with Crippen molar-refractivity contribution in [2.45, 2.75) is 13.0 Å². The lowest BCUT2D eigenvalue weighted by Gasteiger charge is -2.09. The first kappa shape index (κ1) is 17.8. The number of benzene rings is 2. The minimum absolute atomic E-state index is 0.00624. The third-order valence-electron chi connectivity index (χ3n) is 3.38. The molecular formula is C19H16N6O2. The average molecular weight is 360 g/mol. The highest BCUT2D eigenvalue weighted by atomic mass is 16.5. The molecule has 0 radical (unpaired) electrons. The zero-order valence-corrected chi connectivity index (χ0v) is 14.3. The summed E-state index contributed by atoms with van der Waals surface area (Å²) in [6, 6.07) is 20.6. The number of aromatic nitrogens is 3. The van der Waals surface area contributed by atoms with Gasteiger partial charge in [-0.15, -0.1) is 0 Å². The van der Waals surface area contributed by atoms with Gasteiger partial charge in [-0.3, -0.25) is 5.32 Å². The number of nitrogens with zero attached hydrogens (tertiary/aromatic N) is 4. The summed E-state index contributed by atoms with van der Waals surface area (Å²) in [5, 5.41) is 14.4. The van der Waals surface area contributed by atoms with Crippen molar-refractivity contribution >= 4 is 23.7 Å². The molecule has 27 heavy (non-hydrogen) atoms. The van der Waals surface area contributed by atoms with Gasteiger partial charge in [0, 0.05) is 5.69 Å². The van der Waals surface area contributed by atoms with Gasteiger partial charge in [0.05, 0.1) is 12.5 Å². The third kappa shape index (κ3) is 5.51. The SMILES string of the molecule is N#CCc1nc(NC(=O)OCc2ccccc2)nc(Nc2ccccc2)n1. The molecule has 3 rings (SSSR count). The predicted molar refractivity (Wildman–Crippen MR) is 99.1 cm³/mol. The number of carbonyl (C=O) groups excluding carboxylic acids is 1. The van der Waals surface area contributed by atoms with E-state index in [4.69, 9.17) is 10.00 Å². The van der Waals surface area contributed by atoms with Crippen LogP contribution in [-0.2, 0) is 17.8 Å². The lowest BCUT2D eigenvalue weighted by Crippen LogP contribution is -2.17. The number of nitriles is 1. The molecule has 1 amide bonds. The van der Waals surface area contributed by atoms with Crippen molar-refractivity contribution in [2.75, 3.05) is 10.6 Å². The molecule has 1 aromatic heterocycles. The second-order valence-electron chi connectivity index (χ2n) is 5.41. The summed E-state index contributed by atoms with van der Waals surface area (Å²) in [6.07, 6.45) is -0.710. The van der Waals surface area contributed by atoms with E-state index in [1.165, 1.54) is 0 Å². The summed E-state index contributed by atoms with van der Waals surface area (Å²) in [5.41, 5.74) is 1.63. The predicted octanol–water partition coefficient (Wildman–Crippen LogP) is 3.43. The molecule has 0 unspecified atom stereocenters. The number of anilines is 3. The largest absolute Gasteiger partial charge is 0.444 e. The maximum atomic E-state index is 12.0. The number of ether oxygens (including phenoxy) is 1. The van der Waals surface area contributed by atoms with Gasteiger partial charge in [0.1, 0.15) is 12.4 Å².